The fraction of sp³-hybridized carbons (Fsp3) is 0.250. The summed E-state index contributed by atoms with van der Waals surface area (Å²) in [6.45, 7) is 0.653. The number of methoxy groups -OCH3 is 1. The second-order valence-electron chi connectivity index (χ2n) is 5.90. The molecule has 0 aliphatic carbocycles. The first kappa shape index (κ1) is 22.4. The summed E-state index contributed by atoms with van der Waals surface area (Å²) in [7, 11) is 1.55. The van der Waals surface area contributed by atoms with Crippen molar-refractivity contribution in [2.45, 2.75) is 12.8 Å². The number of hydrogen-bond acceptors (Lipinski definition) is 5. The number of halogens is 1. The van der Waals surface area contributed by atoms with Gasteiger partial charge in [0.05, 0.1) is 12.2 Å². The fourth-order valence-corrected chi connectivity index (χ4v) is 2.63. The van der Waals surface area contributed by atoms with Crippen LogP contribution in [0.5, 0.6) is 5.75 Å². The first-order valence-corrected chi connectivity index (χ1v) is 9.64. The molecular weight excluding hydrogens is 442 g/mol. The van der Waals surface area contributed by atoms with Crippen molar-refractivity contribution in [1.82, 2.24) is 10.9 Å². The van der Waals surface area contributed by atoms with Gasteiger partial charge in [0.2, 0.25) is 11.8 Å². The molecule has 154 valence electrons. The third kappa shape index (κ3) is 7.92. The van der Waals surface area contributed by atoms with Gasteiger partial charge < -0.3 is 14.8 Å². The number of rotatable bonds is 9. The Bertz CT molecular complexity index is 845. The molecule has 0 atom stereocenters. The van der Waals surface area contributed by atoms with Crippen LogP contribution in [0.2, 0.25) is 0 Å². The van der Waals surface area contributed by atoms with Crippen LogP contribution in [0, 0.1) is 0 Å². The predicted molar refractivity (Wildman–Crippen MR) is 111 cm³/mol. The van der Waals surface area contributed by atoms with E-state index in [0.717, 1.165) is 0 Å². The van der Waals surface area contributed by atoms with Crippen LogP contribution in [0.15, 0.2) is 53.0 Å². The minimum absolute atomic E-state index is 0.0150. The molecule has 8 nitrogen and oxygen atoms in total. The van der Waals surface area contributed by atoms with Crippen molar-refractivity contribution >= 4 is 39.3 Å². The number of carbonyl (C=O) groups excluding carboxylic acids is 3. The van der Waals surface area contributed by atoms with Gasteiger partial charge in [-0.2, -0.15) is 0 Å². The van der Waals surface area contributed by atoms with Gasteiger partial charge in [0.25, 0.3) is 5.91 Å². The van der Waals surface area contributed by atoms with Crippen molar-refractivity contribution in [2.24, 2.45) is 0 Å². The van der Waals surface area contributed by atoms with Crippen molar-refractivity contribution in [3.05, 3.63) is 58.6 Å². The zero-order valence-corrected chi connectivity index (χ0v) is 17.5. The van der Waals surface area contributed by atoms with Gasteiger partial charge in [-0.25, -0.2) is 0 Å². The van der Waals surface area contributed by atoms with Crippen LogP contribution in [-0.4, -0.2) is 38.0 Å². The lowest BCUT2D eigenvalue weighted by Crippen LogP contribution is -2.42. The van der Waals surface area contributed by atoms with Crippen molar-refractivity contribution in [3.63, 3.8) is 0 Å². The highest BCUT2D eigenvalue weighted by molar-refractivity contribution is 9.10. The molecule has 0 spiro atoms. The Balaban J connectivity index is 1.81. The van der Waals surface area contributed by atoms with E-state index in [1.165, 1.54) is 0 Å². The van der Waals surface area contributed by atoms with Gasteiger partial charge in [0, 0.05) is 30.1 Å². The number of para-hydroxylation sites is 1. The first-order chi connectivity index (χ1) is 14.0. The number of ether oxygens (including phenoxy) is 2. The predicted octanol–water partition coefficient (Wildman–Crippen LogP) is 2.65. The van der Waals surface area contributed by atoms with Crippen molar-refractivity contribution in [3.8, 4) is 5.75 Å². The molecule has 0 radical (unpaired) electrons. The smallest absolute Gasteiger partial charge is 0.273 e. The molecule has 0 saturated carbocycles. The number of anilines is 1. The highest BCUT2D eigenvalue weighted by Crippen LogP contribution is 2.23. The average molecular weight is 464 g/mol. The quantitative estimate of drug-likeness (QED) is 0.391. The van der Waals surface area contributed by atoms with Crippen LogP contribution < -0.4 is 20.9 Å². The number of hydrazine groups is 1. The van der Waals surface area contributed by atoms with Crippen LogP contribution in [0.3, 0.4) is 0 Å². The van der Waals surface area contributed by atoms with Gasteiger partial charge in [-0.05, 0) is 30.3 Å². The lowest BCUT2D eigenvalue weighted by Gasteiger charge is -2.12. The topological polar surface area (TPSA) is 106 Å². The third-order valence-corrected chi connectivity index (χ3v) is 4.18. The molecule has 0 heterocycles. The van der Waals surface area contributed by atoms with E-state index in [1.54, 1.807) is 49.6 Å². The van der Waals surface area contributed by atoms with E-state index < -0.39 is 11.8 Å². The maximum atomic E-state index is 12.4. The molecule has 0 aromatic heterocycles. The van der Waals surface area contributed by atoms with E-state index >= 15 is 0 Å². The van der Waals surface area contributed by atoms with Crippen molar-refractivity contribution in [2.75, 3.05) is 25.6 Å². The summed E-state index contributed by atoms with van der Waals surface area (Å²) >= 11 is 3.30. The van der Waals surface area contributed by atoms with Gasteiger partial charge in [-0.15, -0.1) is 0 Å². The van der Waals surface area contributed by atoms with Crippen LogP contribution in [0.1, 0.15) is 23.2 Å². The summed E-state index contributed by atoms with van der Waals surface area (Å²) in [5.74, 6) is -0.961. The fourth-order valence-electron chi connectivity index (χ4n) is 2.27. The molecule has 29 heavy (non-hydrogen) atoms. The molecule has 9 heteroatoms. The summed E-state index contributed by atoms with van der Waals surface area (Å²) in [6, 6.07) is 13.9. The number of benzene rings is 2. The second-order valence-corrected chi connectivity index (χ2v) is 6.81. The monoisotopic (exact) mass is 463 g/mol. The van der Waals surface area contributed by atoms with E-state index in [-0.39, 0.29) is 30.9 Å². The van der Waals surface area contributed by atoms with Gasteiger partial charge in [-0.3, -0.25) is 25.2 Å². The Morgan fingerprint density at radius 2 is 1.66 bits per heavy atom. The lowest BCUT2D eigenvalue weighted by molar-refractivity contribution is -0.124. The summed E-state index contributed by atoms with van der Waals surface area (Å²) in [4.78, 5) is 36.2. The molecule has 0 aliphatic rings. The largest absolute Gasteiger partial charge is 0.490 e. The maximum Gasteiger partial charge on any atom is 0.273 e. The number of hydrogen-bond donors (Lipinski definition) is 3. The average Bonchev–Trinajstić information content (AvgIpc) is 2.72. The molecule has 2 aromatic carbocycles. The molecule has 0 fully saturated rings. The minimum atomic E-state index is -0.541. The van der Waals surface area contributed by atoms with Gasteiger partial charge in [0.15, 0.2) is 0 Å². The van der Waals surface area contributed by atoms with Crippen molar-refractivity contribution < 1.29 is 23.9 Å². The zero-order valence-electron chi connectivity index (χ0n) is 15.9. The molecule has 0 unspecified atom stereocenters. The summed E-state index contributed by atoms with van der Waals surface area (Å²) in [5.41, 5.74) is 5.53. The van der Waals surface area contributed by atoms with Crippen LogP contribution >= 0.6 is 15.9 Å². The molecule has 3 N–H and O–H groups in total. The summed E-state index contributed by atoms with van der Waals surface area (Å²) < 4.78 is 11.1. The Morgan fingerprint density at radius 3 is 2.38 bits per heavy atom. The first-order valence-electron chi connectivity index (χ1n) is 8.85. The Labute approximate surface area is 177 Å². The number of carbonyl (C=O) groups is 3. The Kier molecular flexibility index (Phi) is 9.13. The van der Waals surface area contributed by atoms with Crippen LogP contribution in [0.4, 0.5) is 5.69 Å². The third-order valence-electron chi connectivity index (χ3n) is 3.68. The maximum absolute atomic E-state index is 12.4. The van der Waals surface area contributed by atoms with E-state index in [9.17, 15) is 14.4 Å². The lowest BCUT2D eigenvalue weighted by atomic mass is 10.2. The number of amides is 3. The van der Waals surface area contributed by atoms with Crippen LogP contribution in [-0.2, 0) is 14.3 Å². The minimum Gasteiger partial charge on any atom is -0.490 e. The molecule has 0 saturated heterocycles. The SMILES string of the molecule is COCCOc1ccc(Br)cc1C(=O)NNC(=O)CCC(=O)Nc1ccccc1. The summed E-state index contributed by atoms with van der Waals surface area (Å²) in [6.07, 6.45) is -0.0898. The van der Waals surface area contributed by atoms with E-state index in [1.807, 2.05) is 6.07 Å². The Hall–Kier alpha value is -2.91. The molecule has 2 rings (SSSR count). The van der Waals surface area contributed by atoms with Crippen molar-refractivity contribution in [1.29, 1.82) is 0 Å². The van der Waals surface area contributed by atoms with Gasteiger partial charge >= 0.3 is 0 Å². The van der Waals surface area contributed by atoms with E-state index in [0.29, 0.717) is 22.5 Å². The molecule has 3 amide bonds. The molecule has 2 aromatic rings. The number of nitrogens with one attached hydrogen (secondary N) is 3. The highest BCUT2D eigenvalue weighted by Gasteiger charge is 2.15. The molecule has 0 aliphatic heterocycles. The highest BCUT2D eigenvalue weighted by atomic mass is 79.9. The standard InChI is InChI=1S/C20H22BrN3O5/c1-28-11-12-29-17-8-7-14(21)13-16(17)20(27)24-23-19(26)10-9-18(25)22-15-5-3-2-4-6-15/h2-8,13H,9-12H2,1H3,(H,22,25)(H,23,26)(H,24,27). The molecule has 0 bridgehead atoms. The van der Waals surface area contributed by atoms with Gasteiger partial charge in [0.1, 0.15) is 12.4 Å². The van der Waals surface area contributed by atoms with Crippen LogP contribution in [0.25, 0.3) is 0 Å². The van der Waals surface area contributed by atoms with Gasteiger partial charge in [-0.1, -0.05) is 34.1 Å². The summed E-state index contributed by atoms with van der Waals surface area (Å²) in [5, 5.41) is 2.69. The normalized spacial score (nSPS) is 10.1. The zero-order chi connectivity index (χ0) is 21.1. The molecular formula is C20H22BrN3O5. The Morgan fingerprint density at radius 1 is 0.931 bits per heavy atom. The van der Waals surface area contributed by atoms with E-state index in [2.05, 4.69) is 32.1 Å². The van der Waals surface area contributed by atoms with E-state index in [4.69, 9.17) is 9.47 Å². The second kappa shape index (κ2) is 11.8.